The van der Waals surface area contributed by atoms with Crippen LogP contribution in [0.1, 0.15) is 39.5 Å². The van der Waals surface area contributed by atoms with Gasteiger partial charge in [-0.2, -0.15) is 0 Å². The number of likely N-dealkylation sites (tertiary alicyclic amines) is 1. The fourth-order valence-electron chi connectivity index (χ4n) is 2.34. The number of hydrogen-bond donors (Lipinski definition) is 0. The van der Waals surface area contributed by atoms with Crippen molar-refractivity contribution in [3.05, 3.63) is 23.8 Å². The van der Waals surface area contributed by atoms with Crippen LogP contribution in [0.15, 0.2) is 23.8 Å². The molecule has 0 spiro atoms. The van der Waals surface area contributed by atoms with Crippen LogP contribution < -0.4 is 0 Å². The van der Waals surface area contributed by atoms with Crippen molar-refractivity contribution in [2.24, 2.45) is 5.92 Å². The van der Waals surface area contributed by atoms with Gasteiger partial charge in [0.1, 0.15) is 0 Å². The van der Waals surface area contributed by atoms with E-state index in [9.17, 15) is 0 Å². The lowest BCUT2D eigenvalue weighted by atomic mass is 9.92. The molecular formula is C14H25N. The summed E-state index contributed by atoms with van der Waals surface area (Å²) in [6.07, 6.45) is 12.1. The van der Waals surface area contributed by atoms with Crippen LogP contribution >= 0.6 is 0 Å². The fourth-order valence-corrected chi connectivity index (χ4v) is 2.34. The molecule has 0 aliphatic carbocycles. The molecule has 1 heteroatoms. The van der Waals surface area contributed by atoms with Gasteiger partial charge in [-0.05, 0) is 65.6 Å². The molecular weight excluding hydrogens is 182 g/mol. The molecule has 86 valence electrons. The molecule has 1 heterocycles. The van der Waals surface area contributed by atoms with Gasteiger partial charge >= 0.3 is 0 Å². The van der Waals surface area contributed by atoms with Crippen molar-refractivity contribution in [2.75, 3.05) is 20.1 Å². The summed E-state index contributed by atoms with van der Waals surface area (Å²) in [5.41, 5.74) is 1.51. The van der Waals surface area contributed by atoms with Crippen molar-refractivity contribution < 1.29 is 0 Å². The van der Waals surface area contributed by atoms with E-state index >= 15 is 0 Å². The summed E-state index contributed by atoms with van der Waals surface area (Å²) in [7, 11) is 2.24. The first-order valence-corrected chi connectivity index (χ1v) is 6.22. The Morgan fingerprint density at radius 2 is 2.07 bits per heavy atom. The third kappa shape index (κ3) is 4.65. The zero-order valence-corrected chi connectivity index (χ0v) is 10.5. The largest absolute Gasteiger partial charge is 0.306 e. The van der Waals surface area contributed by atoms with E-state index in [2.05, 4.69) is 44.0 Å². The molecule has 0 aromatic rings. The van der Waals surface area contributed by atoms with Crippen molar-refractivity contribution in [1.82, 2.24) is 4.90 Å². The van der Waals surface area contributed by atoms with Crippen LogP contribution in [0.2, 0.25) is 0 Å². The smallest absolute Gasteiger partial charge is 0.00190 e. The molecule has 1 aliphatic heterocycles. The highest BCUT2D eigenvalue weighted by Gasteiger charge is 2.14. The molecule has 0 radical (unpaired) electrons. The highest BCUT2D eigenvalue weighted by Crippen LogP contribution is 2.24. The Balaban J connectivity index is 2.43. The SMILES string of the molecule is C/C=C\C(=C/C)CC1CCCN(C)CC1. The standard InChI is InChI=1S/C14H25N/c1-4-7-13(5-2)12-14-8-6-10-15(3)11-9-14/h4-5,7,14H,6,8-12H2,1-3H3/b7-4-,13-5+. The third-order valence-corrected chi connectivity index (χ3v) is 3.35. The van der Waals surface area contributed by atoms with Gasteiger partial charge in [0.2, 0.25) is 0 Å². The maximum absolute atomic E-state index is 2.46. The van der Waals surface area contributed by atoms with E-state index in [-0.39, 0.29) is 0 Å². The van der Waals surface area contributed by atoms with Crippen LogP contribution in [0.4, 0.5) is 0 Å². The van der Waals surface area contributed by atoms with Gasteiger partial charge in [-0.3, -0.25) is 0 Å². The van der Waals surface area contributed by atoms with Gasteiger partial charge in [0.15, 0.2) is 0 Å². The first-order valence-electron chi connectivity index (χ1n) is 6.22. The Morgan fingerprint density at radius 3 is 2.73 bits per heavy atom. The summed E-state index contributed by atoms with van der Waals surface area (Å²) in [6, 6.07) is 0. The van der Waals surface area contributed by atoms with Gasteiger partial charge in [-0.25, -0.2) is 0 Å². The van der Waals surface area contributed by atoms with Crippen LogP contribution in [0, 0.1) is 5.92 Å². The Hall–Kier alpha value is -0.560. The average Bonchev–Trinajstić information content (AvgIpc) is 2.43. The molecule has 1 atom stereocenters. The maximum atomic E-state index is 2.46. The summed E-state index contributed by atoms with van der Waals surface area (Å²) in [5.74, 6) is 0.900. The topological polar surface area (TPSA) is 3.24 Å². The van der Waals surface area contributed by atoms with Crippen LogP contribution in [0.25, 0.3) is 0 Å². The number of allylic oxidation sites excluding steroid dienone is 4. The predicted octanol–water partition coefficient (Wildman–Crippen LogP) is 3.63. The summed E-state index contributed by atoms with van der Waals surface area (Å²) in [5, 5.41) is 0. The summed E-state index contributed by atoms with van der Waals surface area (Å²) >= 11 is 0. The van der Waals surface area contributed by atoms with Crippen LogP contribution in [-0.2, 0) is 0 Å². The van der Waals surface area contributed by atoms with Crippen molar-refractivity contribution >= 4 is 0 Å². The zero-order chi connectivity index (χ0) is 11.1. The number of nitrogens with zero attached hydrogens (tertiary/aromatic N) is 1. The predicted molar refractivity (Wildman–Crippen MR) is 68.0 cm³/mol. The lowest BCUT2D eigenvalue weighted by Gasteiger charge is -2.15. The second-order valence-electron chi connectivity index (χ2n) is 4.67. The second-order valence-corrected chi connectivity index (χ2v) is 4.67. The molecule has 15 heavy (non-hydrogen) atoms. The Labute approximate surface area is 94.9 Å². The molecule has 0 amide bonds. The lowest BCUT2D eigenvalue weighted by Crippen LogP contribution is -2.18. The highest BCUT2D eigenvalue weighted by atomic mass is 15.1. The molecule has 1 fully saturated rings. The van der Waals surface area contributed by atoms with Gasteiger partial charge in [0.25, 0.3) is 0 Å². The van der Waals surface area contributed by atoms with Crippen LogP contribution in [0.3, 0.4) is 0 Å². The van der Waals surface area contributed by atoms with Gasteiger partial charge in [-0.1, -0.05) is 23.8 Å². The minimum absolute atomic E-state index is 0.900. The maximum Gasteiger partial charge on any atom is -0.00190 e. The third-order valence-electron chi connectivity index (χ3n) is 3.35. The van der Waals surface area contributed by atoms with E-state index in [1.165, 1.54) is 44.3 Å². The zero-order valence-electron chi connectivity index (χ0n) is 10.5. The van der Waals surface area contributed by atoms with E-state index < -0.39 is 0 Å². The quantitative estimate of drug-likeness (QED) is 0.639. The molecule has 0 saturated carbocycles. The summed E-state index contributed by atoms with van der Waals surface area (Å²) in [6.45, 7) is 6.81. The molecule has 1 nitrogen and oxygen atoms in total. The van der Waals surface area contributed by atoms with Crippen LogP contribution in [0.5, 0.6) is 0 Å². The lowest BCUT2D eigenvalue weighted by molar-refractivity contribution is 0.341. The summed E-state index contributed by atoms with van der Waals surface area (Å²) in [4.78, 5) is 2.46. The summed E-state index contributed by atoms with van der Waals surface area (Å²) < 4.78 is 0. The monoisotopic (exact) mass is 207 g/mol. The minimum atomic E-state index is 0.900. The molecule has 1 rings (SSSR count). The molecule has 0 N–H and O–H groups in total. The fraction of sp³-hybridized carbons (Fsp3) is 0.714. The van der Waals surface area contributed by atoms with E-state index in [1.807, 2.05) is 0 Å². The second kappa shape index (κ2) is 6.84. The van der Waals surface area contributed by atoms with Crippen molar-refractivity contribution in [1.29, 1.82) is 0 Å². The minimum Gasteiger partial charge on any atom is -0.306 e. The normalized spacial score (nSPS) is 25.8. The van der Waals surface area contributed by atoms with Gasteiger partial charge in [0.05, 0.1) is 0 Å². The van der Waals surface area contributed by atoms with Crippen LogP contribution in [-0.4, -0.2) is 25.0 Å². The van der Waals surface area contributed by atoms with Gasteiger partial charge < -0.3 is 4.90 Å². The van der Waals surface area contributed by atoms with Crippen molar-refractivity contribution in [3.8, 4) is 0 Å². The first-order chi connectivity index (χ1) is 7.26. The highest BCUT2D eigenvalue weighted by molar-refractivity contribution is 5.17. The van der Waals surface area contributed by atoms with E-state index in [0.717, 1.165) is 5.92 Å². The molecule has 1 unspecified atom stereocenters. The van der Waals surface area contributed by atoms with Crippen molar-refractivity contribution in [2.45, 2.75) is 39.5 Å². The Kier molecular flexibility index (Phi) is 5.70. The number of hydrogen-bond acceptors (Lipinski definition) is 1. The molecule has 0 bridgehead atoms. The first kappa shape index (κ1) is 12.5. The molecule has 0 aromatic carbocycles. The van der Waals surface area contributed by atoms with E-state index in [4.69, 9.17) is 0 Å². The molecule has 1 aliphatic rings. The molecule has 1 saturated heterocycles. The number of rotatable bonds is 3. The van der Waals surface area contributed by atoms with Gasteiger partial charge in [-0.15, -0.1) is 0 Å². The van der Waals surface area contributed by atoms with E-state index in [1.54, 1.807) is 0 Å². The van der Waals surface area contributed by atoms with Gasteiger partial charge in [0, 0.05) is 0 Å². The van der Waals surface area contributed by atoms with Crippen molar-refractivity contribution in [3.63, 3.8) is 0 Å². The van der Waals surface area contributed by atoms with E-state index in [0.29, 0.717) is 0 Å². The Bertz CT molecular complexity index is 227. The Morgan fingerprint density at radius 1 is 1.27 bits per heavy atom. The molecule has 0 aromatic heterocycles. The average molecular weight is 207 g/mol.